The lowest BCUT2D eigenvalue weighted by molar-refractivity contribution is 0.335. The first-order valence-corrected chi connectivity index (χ1v) is 7.53. The highest BCUT2D eigenvalue weighted by Crippen LogP contribution is 2.10. The molecule has 0 atom stereocenters. The van der Waals surface area contributed by atoms with E-state index < -0.39 is 0 Å². The second kappa shape index (κ2) is 5.98. The number of hydrogen-bond acceptors (Lipinski definition) is 4. The number of imidazole rings is 1. The van der Waals surface area contributed by atoms with Gasteiger partial charge in [0.05, 0.1) is 18.1 Å². The van der Waals surface area contributed by atoms with Gasteiger partial charge in [-0.3, -0.25) is 4.40 Å². The predicted molar refractivity (Wildman–Crippen MR) is 78.1 cm³/mol. The molecule has 2 aromatic rings. The van der Waals surface area contributed by atoms with Crippen LogP contribution in [-0.4, -0.2) is 45.4 Å². The molecule has 1 saturated heterocycles. The standard InChI is InChI=1S/C13H18BrN5/c14-12-10-19-11(8-17-13(19)9-16-12)7-15-3-6-18-4-1-2-5-18/h8-10,15H,1-7H2. The van der Waals surface area contributed by atoms with Crippen LogP contribution in [0.5, 0.6) is 0 Å². The summed E-state index contributed by atoms with van der Waals surface area (Å²) in [4.78, 5) is 11.0. The molecule has 5 nitrogen and oxygen atoms in total. The van der Waals surface area contributed by atoms with E-state index in [4.69, 9.17) is 0 Å². The molecule has 0 unspecified atom stereocenters. The van der Waals surface area contributed by atoms with Crippen LogP contribution >= 0.6 is 15.9 Å². The van der Waals surface area contributed by atoms with Crippen LogP contribution in [0.4, 0.5) is 0 Å². The van der Waals surface area contributed by atoms with Crippen molar-refractivity contribution in [3.8, 4) is 0 Å². The second-order valence-corrected chi connectivity index (χ2v) is 5.73. The lowest BCUT2D eigenvalue weighted by Crippen LogP contribution is -2.29. The molecule has 0 aromatic carbocycles. The smallest absolute Gasteiger partial charge is 0.155 e. The van der Waals surface area contributed by atoms with E-state index in [0.717, 1.165) is 29.9 Å². The Bertz CT molecular complexity index is 547. The van der Waals surface area contributed by atoms with Gasteiger partial charge in [0.1, 0.15) is 4.60 Å². The van der Waals surface area contributed by atoms with Gasteiger partial charge in [0.2, 0.25) is 0 Å². The molecule has 0 saturated carbocycles. The van der Waals surface area contributed by atoms with Crippen LogP contribution in [0.2, 0.25) is 0 Å². The summed E-state index contributed by atoms with van der Waals surface area (Å²) < 4.78 is 2.90. The lowest BCUT2D eigenvalue weighted by Gasteiger charge is -2.14. The highest BCUT2D eigenvalue weighted by Gasteiger charge is 2.10. The van der Waals surface area contributed by atoms with Crippen LogP contribution in [0.15, 0.2) is 23.2 Å². The summed E-state index contributed by atoms with van der Waals surface area (Å²) in [5, 5.41) is 3.49. The van der Waals surface area contributed by atoms with Crippen molar-refractivity contribution in [2.45, 2.75) is 19.4 Å². The van der Waals surface area contributed by atoms with Crippen molar-refractivity contribution < 1.29 is 0 Å². The largest absolute Gasteiger partial charge is 0.310 e. The Labute approximate surface area is 121 Å². The van der Waals surface area contributed by atoms with Gasteiger partial charge in [0, 0.05) is 25.8 Å². The van der Waals surface area contributed by atoms with E-state index >= 15 is 0 Å². The molecule has 19 heavy (non-hydrogen) atoms. The molecule has 0 spiro atoms. The van der Waals surface area contributed by atoms with Gasteiger partial charge in [-0.25, -0.2) is 9.97 Å². The molecule has 3 rings (SSSR count). The van der Waals surface area contributed by atoms with Gasteiger partial charge in [-0.2, -0.15) is 0 Å². The molecule has 0 aliphatic carbocycles. The Morgan fingerprint density at radius 2 is 2.05 bits per heavy atom. The lowest BCUT2D eigenvalue weighted by atomic mass is 10.4. The van der Waals surface area contributed by atoms with E-state index in [2.05, 4.69) is 40.5 Å². The van der Waals surface area contributed by atoms with Crippen LogP contribution in [-0.2, 0) is 6.54 Å². The third-order valence-corrected chi connectivity index (χ3v) is 3.96. The summed E-state index contributed by atoms with van der Waals surface area (Å²) in [5.41, 5.74) is 2.05. The van der Waals surface area contributed by atoms with Gasteiger partial charge in [0.25, 0.3) is 0 Å². The van der Waals surface area contributed by atoms with Gasteiger partial charge in [-0.15, -0.1) is 0 Å². The third kappa shape index (κ3) is 3.13. The molecular weight excluding hydrogens is 306 g/mol. The average Bonchev–Trinajstić information content (AvgIpc) is 3.04. The molecule has 1 aliphatic rings. The highest BCUT2D eigenvalue weighted by molar-refractivity contribution is 9.10. The maximum absolute atomic E-state index is 4.35. The third-order valence-electron chi connectivity index (χ3n) is 3.55. The van der Waals surface area contributed by atoms with E-state index in [0.29, 0.717) is 0 Å². The first kappa shape index (κ1) is 13.0. The Kier molecular flexibility index (Phi) is 4.10. The number of nitrogens with one attached hydrogen (secondary N) is 1. The average molecular weight is 324 g/mol. The molecule has 1 N–H and O–H groups in total. The fourth-order valence-electron chi connectivity index (χ4n) is 2.51. The summed E-state index contributed by atoms with van der Waals surface area (Å²) in [5.74, 6) is 0. The number of nitrogens with zero attached hydrogens (tertiary/aromatic N) is 4. The van der Waals surface area contributed by atoms with E-state index in [1.807, 2.05) is 12.4 Å². The highest BCUT2D eigenvalue weighted by atomic mass is 79.9. The maximum Gasteiger partial charge on any atom is 0.155 e. The minimum atomic E-state index is 0.830. The summed E-state index contributed by atoms with van der Waals surface area (Å²) in [7, 11) is 0. The normalized spacial score (nSPS) is 16.5. The van der Waals surface area contributed by atoms with Crippen LogP contribution in [0.3, 0.4) is 0 Å². The Balaban J connectivity index is 1.54. The Hall–Kier alpha value is -0.980. The van der Waals surface area contributed by atoms with Crippen molar-refractivity contribution in [2.75, 3.05) is 26.2 Å². The van der Waals surface area contributed by atoms with Crippen LogP contribution in [0, 0.1) is 0 Å². The Morgan fingerprint density at radius 1 is 1.21 bits per heavy atom. The zero-order valence-electron chi connectivity index (χ0n) is 10.8. The summed E-state index contributed by atoms with van der Waals surface area (Å²) in [6, 6.07) is 0. The van der Waals surface area contributed by atoms with Gasteiger partial charge in [0.15, 0.2) is 5.65 Å². The Morgan fingerprint density at radius 3 is 2.89 bits per heavy atom. The van der Waals surface area contributed by atoms with Crippen molar-refractivity contribution in [2.24, 2.45) is 0 Å². The van der Waals surface area contributed by atoms with Crippen molar-refractivity contribution >= 4 is 21.6 Å². The van der Waals surface area contributed by atoms with Crippen molar-refractivity contribution in [3.63, 3.8) is 0 Å². The molecule has 1 fully saturated rings. The van der Waals surface area contributed by atoms with Gasteiger partial charge >= 0.3 is 0 Å². The van der Waals surface area contributed by atoms with E-state index in [1.165, 1.54) is 31.6 Å². The van der Waals surface area contributed by atoms with Gasteiger partial charge < -0.3 is 10.2 Å². The van der Waals surface area contributed by atoms with E-state index in [1.54, 1.807) is 6.20 Å². The SMILES string of the molecule is Brc1cn2c(CNCCN3CCCC3)cnc2cn1. The maximum atomic E-state index is 4.35. The molecule has 3 heterocycles. The zero-order chi connectivity index (χ0) is 13.1. The topological polar surface area (TPSA) is 45.5 Å². The summed E-state index contributed by atoms with van der Waals surface area (Å²) >= 11 is 3.39. The second-order valence-electron chi connectivity index (χ2n) is 4.91. The first-order chi connectivity index (χ1) is 9.33. The van der Waals surface area contributed by atoms with Crippen molar-refractivity contribution in [1.82, 2.24) is 24.6 Å². The van der Waals surface area contributed by atoms with Crippen LogP contribution in [0.25, 0.3) is 5.65 Å². The molecule has 6 heteroatoms. The van der Waals surface area contributed by atoms with Crippen molar-refractivity contribution in [1.29, 1.82) is 0 Å². The fraction of sp³-hybridized carbons (Fsp3) is 0.538. The van der Waals surface area contributed by atoms with E-state index in [-0.39, 0.29) is 0 Å². The zero-order valence-corrected chi connectivity index (χ0v) is 12.4. The quantitative estimate of drug-likeness (QED) is 0.850. The van der Waals surface area contributed by atoms with Crippen molar-refractivity contribution in [3.05, 3.63) is 28.9 Å². The molecule has 0 radical (unpaired) electrons. The fourth-order valence-corrected chi connectivity index (χ4v) is 2.81. The molecule has 0 bridgehead atoms. The molecular formula is C13H18BrN5. The number of hydrogen-bond donors (Lipinski definition) is 1. The van der Waals surface area contributed by atoms with Gasteiger partial charge in [-0.1, -0.05) is 0 Å². The van der Waals surface area contributed by atoms with Crippen LogP contribution < -0.4 is 5.32 Å². The number of halogens is 1. The van der Waals surface area contributed by atoms with Gasteiger partial charge in [-0.05, 0) is 41.9 Å². The molecule has 102 valence electrons. The molecule has 0 amide bonds. The minimum absolute atomic E-state index is 0.830. The minimum Gasteiger partial charge on any atom is -0.310 e. The monoisotopic (exact) mass is 323 g/mol. The number of rotatable bonds is 5. The molecule has 2 aromatic heterocycles. The number of aromatic nitrogens is 3. The van der Waals surface area contributed by atoms with Crippen LogP contribution in [0.1, 0.15) is 18.5 Å². The first-order valence-electron chi connectivity index (χ1n) is 6.73. The summed E-state index contributed by atoms with van der Waals surface area (Å²) in [6.45, 7) is 5.53. The number of likely N-dealkylation sites (tertiary alicyclic amines) is 1. The predicted octanol–water partition coefficient (Wildman–Crippen LogP) is 1.68. The number of fused-ring (bicyclic) bond motifs is 1. The molecule has 1 aliphatic heterocycles. The summed E-state index contributed by atoms with van der Waals surface area (Å²) in [6.07, 6.45) is 8.35. The van der Waals surface area contributed by atoms with E-state index in [9.17, 15) is 0 Å².